The lowest BCUT2D eigenvalue weighted by Crippen LogP contribution is -2.03. The molecule has 0 saturated heterocycles. The van der Waals surface area contributed by atoms with Crippen LogP contribution in [-0.2, 0) is 6.42 Å². The molecule has 1 nitrogen and oxygen atoms in total. The topological polar surface area (TPSA) is 20.2 Å². The number of halogens is 2. The van der Waals surface area contributed by atoms with Crippen molar-refractivity contribution in [2.45, 2.75) is 19.4 Å². The number of aliphatic hydroxyl groups is 1. The summed E-state index contributed by atoms with van der Waals surface area (Å²) in [6.45, 7) is 1.73. The normalized spacial score (nSPS) is 13.0. The Hall–Kier alpha value is -0.240. The molecule has 0 fully saturated rings. The monoisotopic (exact) mass is 204 g/mol. The fourth-order valence-corrected chi connectivity index (χ4v) is 1.64. The largest absolute Gasteiger partial charge is 0.393 e. The molecule has 0 radical (unpaired) electrons. The molecule has 0 aromatic heterocycles. The molecule has 1 atom stereocenters. The van der Waals surface area contributed by atoms with Gasteiger partial charge in [-0.25, -0.2) is 0 Å². The summed E-state index contributed by atoms with van der Waals surface area (Å²) in [5.41, 5.74) is 0.961. The number of hydrogen-bond acceptors (Lipinski definition) is 1. The summed E-state index contributed by atoms with van der Waals surface area (Å²) < 4.78 is 0. The Morgan fingerprint density at radius 3 is 2.17 bits per heavy atom. The van der Waals surface area contributed by atoms with Crippen LogP contribution in [0.2, 0.25) is 10.0 Å². The van der Waals surface area contributed by atoms with Gasteiger partial charge < -0.3 is 5.11 Å². The van der Waals surface area contributed by atoms with Gasteiger partial charge in [-0.05, 0) is 37.1 Å². The Morgan fingerprint density at radius 1 is 1.25 bits per heavy atom. The van der Waals surface area contributed by atoms with Crippen molar-refractivity contribution >= 4 is 23.2 Å². The van der Waals surface area contributed by atoms with E-state index >= 15 is 0 Å². The summed E-state index contributed by atoms with van der Waals surface area (Å²) in [6, 6.07) is 5.29. The van der Waals surface area contributed by atoms with E-state index in [0.717, 1.165) is 5.56 Å². The Labute approximate surface area is 81.9 Å². The predicted molar refractivity (Wildman–Crippen MR) is 51.8 cm³/mol. The van der Waals surface area contributed by atoms with Gasteiger partial charge in [0.05, 0.1) is 6.10 Å². The molecule has 1 aromatic carbocycles. The highest BCUT2D eigenvalue weighted by molar-refractivity contribution is 6.34. The Bertz CT molecular complexity index is 251. The summed E-state index contributed by atoms with van der Waals surface area (Å²) in [4.78, 5) is 0. The lowest BCUT2D eigenvalue weighted by Gasteiger charge is -2.04. The molecule has 0 aliphatic carbocycles. The second-order valence-electron chi connectivity index (χ2n) is 2.83. The van der Waals surface area contributed by atoms with E-state index in [1.165, 1.54) is 0 Å². The summed E-state index contributed by atoms with van der Waals surface area (Å²) in [7, 11) is 0. The molecule has 0 spiro atoms. The summed E-state index contributed by atoms with van der Waals surface area (Å²) in [6.07, 6.45) is 0.222. The van der Waals surface area contributed by atoms with Crippen LogP contribution < -0.4 is 0 Å². The number of hydrogen-bond donors (Lipinski definition) is 1. The first kappa shape index (κ1) is 9.85. The number of aliphatic hydroxyl groups excluding tert-OH is 1. The third-order valence-electron chi connectivity index (χ3n) is 1.45. The first-order valence-electron chi connectivity index (χ1n) is 3.71. The molecule has 12 heavy (non-hydrogen) atoms. The van der Waals surface area contributed by atoms with E-state index in [0.29, 0.717) is 16.5 Å². The molecular formula is C9H10Cl2O. The SMILES string of the molecule is C[C@H](O)Cc1cc(Cl)cc(Cl)c1. The van der Waals surface area contributed by atoms with Crippen LogP contribution in [0.5, 0.6) is 0 Å². The second kappa shape index (κ2) is 4.13. The molecule has 1 rings (SSSR count). The maximum absolute atomic E-state index is 9.10. The lowest BCUT2D eigenvalue weighted by atomic mass is 10.1. The van der Waals surface area contributed by atoms with Crippen LogP contribution in [0.1, 0.15) is 12.5 Å². The van der Waals surface area contributed by atoms with Gasteiger partial charge in [0, 0.05) is 10.0 Å². The third kappa shape index (κ3) is 3.02. The fourth-order valence-electron chi connectivity index (χ4n) is 1.07. The van der Waals surface area contributed by atoms with E-state index in [1.54, 1.807) is 25.1 Å². The van der Waals surface area contributed by atoms with Crippen molar-refractivity contribution in [3.8, 4) is 0 Å². The van der Waals surface area contributed by atoms with Gasteiger partial charge in [-0.15, -0.1) is 0 Å². The van der Waals surface area contributed by atoms with Gasteiger partial charge >= 0.3 is 0 Å². The molecule has 0 aliphatic heterocycles. The number of rotatable bonds is 2. The Morgan fingerprint density at radius 2 is 1.75 bits per heavy atom. The van der Waals surface area contributed by atoms with E-state index in [9.17, 15) is 0 Å². The van der Waals surface area contributed by atoms with E-state index in [-0.39, 0.29) is 6.10 Å². The minimum absolute atomic E-state index is 0.362. The molecule has 0 aliphatic rings. The number of benzene rings is 1. The van der Waals surface area contributed by atoms with Gasteiger partial charge in [0.2, 0.25) is 0 Å². The summed E-state index contributed by atoms with van der Waals surface area (Å²) in [5, 5.41) is 10.3. The Balaban J connectivity index is 2.85. The van der Waals surface area contributed by atoms with E-state index in [2.05, 4.69) is 0 Å². The van der Waals surface area contributed by atoms with Crippen LogP contribution in [0, 0.1) is 0 Å². The van der Waals surface area contributed by atoms with Crippen LogP contribution in [0.4, 0.5) is 0 Å². The second-order valence-corrected chi connectivity index (χ2v) is 3.70. The zero-order chi connectivity index (χ0) is 9.14. The molecular weight excluding hydrogens is 195 g/mol. The highest BCUT2D eigenvalue weighted by Gasteiger charge is 2.01. The predicted octanol–water partition coefficient (Wildman–Crippen LogP) is 2.92. The highest BCUT2D eigenvalue weighted by atomic mass is 35.5. The first-order valence-corrected chi connectivity index (χ1v) is 4.46. The molecule has 66 valence electrons. The van der Waals surface area contributed by atoms with E-state index in [1.807, 2.05) is 0 Å². The zero-order valence-electron chi connectivity index (χ0n) is 6.72. The van der Waals surface area contributed by atoms with Crippen LogP contribution in [0.3, 0.4) is 0 Å². The third-order valence-corrected chi connectivity index (χ3v) is 1.89. The van der Waals surface area contributed by atoms with Gasteiger partial charge in [0.25, 0.3) is 0 Å². The van der Waals surface area contributed by atoms with Crippen molar-refractivity contribution in [1.29, 1.82) is 0 Å². The standard InChI is InChI=1S/C9H10Cl2O/c1-6(12)2-7-3-8(10)5-9(11)4-7/h3-6,12H,2H2,1H3/t6-/m0/s1. The average Bonchev–Trinajstić information content (AvgIpc) is 1.81. The quantitative estimate of drug-likeness (QED) is 0.786. The van der Waals surface area contributed by atoms with E-state index < -0.39 is 0 Å². The molecule has 0 saturated carbocycles. The molecule has 0 heterocycles. The minimum Gasteiger partial charge on any atom is -0.393 e. The fraction of sp³-hybridized carbons (Fsp3) is 0.333. The molecule has 0 bridgehead atoms. The van der Waals surface area contributed by atoms with Gasteiger partial charge in [0.15, 0.2) is 0 Å². The molecule has 0 unspecified atom stereocenters. The van der Waals surface area contributed by atoms with E-state index in [4.69, 9.17) is 28.3 Å². The van der Waals surface area contributed by atoms with Crippen LogP contribution >= 0.6 is 23.2 Å². The molecule has 0 amide bonds. The van der Waals surface area contributed by atoms with Crippen LogP contribution in [0.25, 0.3) is 0 Å². The molecule has 1 aromatic rings. The molecule has 1 N–H and O–H groups in total. The Kier molecular flexibility index (Phi) is 3.39. The van der Waals surface area contributed by atoms with Crippen molar-refractivity contribution in [3.63, 3.8) is 0 Å². The summed E-state index contributed by atoms with van der Waals surface area (Å²) >= 11 is 11.5. The van der Waals surface area contributed by atoms with Crippen LogP contribution in [-0.4, -0.2) is 11.2 Å². The highest BCUT2D eigenvalue weighted by Crippen LogP contribution is 2.19. The van der Waals surface area contributed by atoms with Gasteiger partial charge in [0.1, 0.15) is 0 Å². The van der Waals surface area contributed by atoms with Crippen molar-refractivity contribution < 1.29 is 5.11 Å². The van der Waals surface area contributed by atoms with Crippen molar-refractivity contribution in [2.24, 2.45) is 0 Å². The van der Waals surface area contributed by atoms with Crippen molar-refractivity contribution in [3.05, 3.63) is 33.8 Å². The summed E-state index contributed by atoms with van der Waals surface area (Å²) in [5.74, 6) is 0. The van der Waals surface area contributed by atoms with Gasteiger partial charge in [-0.3, -0.25) is 0 Å². The first-order chi connectivity index (χ1) is 5.58. The maximum atomic E-state index is 9.10. The average molecular weight is 205 g/mol. The minimum atomic E-state index is -0.362. The molecule has 3 heteroatoms. The maximum Gasteiger partial charge on any atom is 0.0552 e. The lowest BCUT2D eigenvalue weighted by molar-refractivity contribution is 0.195. The van der Waals surface area contributed by atoms with Crippen LogP contribution in [0.15, 0.2) is 18.2 Å². The van der Waals surface area contributed by atoms with Crippen molar-refractivity contribution in [1.82, 2.24) is 0 Å². The smallest absolute Gasteiger partial charge is 0.0552 e. The van der Waals surface area contributed by atoms with Gasteiger partial charge in [-0.1, -0.05) is 23.2 Å². The van der Waals surface area contributed by atoms with Crippen molar-refractivity contribution in [2.75, 3.05) is 0 Å². The van der Waals surface area contributed by atoms with Gasteiger partial charge in [-0.2, -0.15) is 0 Å². The zero-order valence-corrected chi connectivity index (χ0v) is 8.23.